The zero-order valence-corrected chi connectivity index (χ0v) is 18.1. The van der Waals surface area contributed by atoms with Crippen LogP contribution in [0.1, 0.15) is 18.4 Å². The Morgan fingerprint density at radius 1 is 1.00 bits per heavy atom. The summed E-state index contributed by atoms with van der Waals surface area (Å²) in [6, 6.07) is 12.8. The highest BCUT2D eigenvalue weighted by Gasteiger charge is 2.26. The molecule has 2 aromatic rings. The monoisotopic (exact) mass is 458 g/mol. The maximum atomic E-state index is 12.5. The van der Waals surface area contributed by atoms with Gasteiger partial charge < -0.3 is 4.74 Å². The molecule has 1 aliphatic heterocycles. The Morgan fingerprint density at radius 2 is 1.69 bits per heavy atom. The summed E-state index contributed by atoms with van der Waals surface area (Å²) in [6.45, 7) is 1.32. The molecule has 158 valence electrons. The highest BCUT2D eigenvalue weighted by molar-refractivity contribution is 7.89. The Morgan fingerprint density at radius 3 is 2.34 bits per heavy atom. The van der Waals surface area contributed by atoms with E-state index in [0.29, 0.717) is 29.4 Å². The predicted molar refractivity (Wildman–Crippen MR) is 112 cm³/mol. The van der Waals surface area contributed by atoms with E-state index in [4.69, 9.17) is 16.3 Å². The molecule has 0 amide bonds. The quantitative estimate of drug-likeness (QED) is 0.583. The van der Waals surface area contributed by atoms with Crippen LogP contribution in [0.15, 0.2) is 53.4 Å². The molecule has 0 bridgehead atoms. The Balaban J connectivity index is 1.48. The van der Waals surface area contributed by atoms with Gasteiger partial charge in [0, 0.05) is 24.7 Å². The summed E-state index contributed by atoms with van der Waals surface area (Å²) in [5.74, 6) is 0.302. The van der Waals surface area contributed by atoms with Crippen LogP contribution in [0, 0.1) is 0 Å². The van der Waals surface area contributed by atoms with E-state index in [0.717, 1.165) is 12.8 Å². The molecule has 0 radical (unpaired) electrons. The first-order chi connectivity index (χ1) is 13.8. The van der Waals surface area contributed by atoms with Crippen LogP contribution in [-0.4, -0.2) is 47.4 Å². The molecule has 7 nitrogen and oxygen atoms in total. The van der Waals surface area contributed by atoms with Crippen molar-refractivity contribution in [3.63, 3.8) is 0 Å². The van der Waals surface area contributed by atoms with Crippen LogP contribution in [-0.2, 0) is 25.8 Å². The van der Waals surface area contributed by atoms with Crippen LogP contribution in [0.5, 0.6) is 5.75 Å². The van der Waals surface area contributed by atoms with Gasteiger partial charge in [-0.25, -0.2) is 21.6 Å². The van der Waals surface area contributed by atoms with Gasteiger partial charge in [0.15, 0.2) is 0 Å². The van der Waals surface area contributed by atoms with E-state index in [1.165, 1.54) is 16.4 Å². The van der Waals surface area contributed by atoms with Gasteiger partial charge >= 0.3 is 0 Å². The van der Waals surface area contributed by atoms with Gasteiger partial charge in [-0.1, -0.05) is 23.7 Å². The molecule has 0 atom stereocenters. The van der Waals surface area contributed by atoms with Gasteiger partial charge in [0.1, 0.15) is 12.4 Å². The summed E-state index contributed by atoms with van der Waals surface area (Å²) in [5.41, 5.74) is 0.598. The lowest BCUT2D eigenvalue weighted by Crippen LogP contribution is -2.29. The van der Waals surface area contributed by atoms with E-state index in [2.05, 4.69) is 4.72 Å². The third kappa shape index (κ3) is 6.16. The maximum absolute atomic E-state index is 12.5. The Hall–Kier alpha value is -1.65. The van der Waals surface area contributed by atoms with Crippen molar-refractivity contribution in [1.82, 2.24) is 9.03 Å². The number of halogens is 1. The summed E-state index contributed by atoms with van der Waals surface area (Å²) in [5, 5.41) is 0.483. The van der Waals surface area contributed by atoms with Crippen LogP contribution >= 0.6 is 11.6 Å². The van der Waals surface area contributed by atoms with Crippen molar-refractivity contribution >= 4 is 31.6 Å². The number of benzene rings is 2. The molecule has 0 aromatic heterocycles. The summed E-state index contributed by atoms with van der Waals surface area (Å²) in [6.07, 6.45) is 1.77. The van der Waals surface area contributed by atoms with E-state index < -0.39 is 20.0 Å². The summed E-state index contributed by atoms with van der Waals surface area (Å²) >= 11 is 5.87. The number of hydrogen-bond donors (Lipinski definition) is 1. The SMILES string of the molecule is O=S(=O)(Cc1cccc(Cl)c1)NCCOc1ccc(S(=O)(=O)N2CCCC2)cc1. The highest BCUT2D eigenvalue weighted by atomic mass is 35.5. The van der Waals surface area contributed by atoms with E-state index in [9.17, 15) is 16.8 Å². The maximum Gasteiger partial charge on any atom is 0.243 e. The number of hydrogen-bond acceptors (Lipinski definition) is 5. The molecule has 10 heteroatoms. The van der Waals surface area contributed by atoms with Crippen LogP contribution in [0.3, 0.4) is 0 Å². The zero-order valence-electron chi connectivity index (χ0n) is 15.8. The molecule has 0 unspecified atom stereocenters. The largest absolute Gasteiger partial charge is 0.492 e. The van der Waals surface area contributed by atoms with Crippen LogP contribution in [0.4, 0.5) is 0 Å². The van der Waals surface area contributed by atoms with E-state index in [1.807, 2.05) is 0 Å². The predicted octanol–water partition coefficient (Wildman–Crippen LogP) is 2.62. The smallest absolute Gasteiger partial charge is 0.243 e. The Labute approximate surface area is 176 Å². The Kier molecular flexibility index (Phi) is 7.18. The molecule has 0 aliphatic carbocycles. The van der Waals surface area contributed by atoms with Gasteiger partial charge in [0.2, 0.25) is 20.0 Å². The standard InChI is InChI=1S/C19H23ClN2O5S2/c20-17-5-3-4-16(14-17)15-28(23,24)21-10-13-27-18-6-8-19(9-7-18)29(25,26)22-11-1-2-12-22/h3-9,14,21H,1-2,10-13,15H2. The molecule has 2 aromatic carbocycles. The van der Waals surface area contributed by atoms with Crippen molar-refractivity contribution in [1.29, 1.82) is 0 Å². The second-order valence-corrected chi connectivity index (χ2v) is 10.9. The molecule has 0 spiro atoms. The fourth-order valence-electron chi connectivity index (χ4n) is 3.05. The molecule has 1 fully saturated rings. The van der Waals surface area contributed by atoms with E-state index in [1.54, 1.807) is 36.4 Å². The normalized spacial score (nSPS) is 15.5. The number of rotatable bonds is 9. The summed E-state index contributed by atoms with van der Waals surface area (Å²) in [7, 11) is -6.97. The van der Waals surface area contributed by atoms with Gasteiger partial charge in [-0.3, -0.25) is 0 Å². The molecule has 1 N–H and O–H groups in total. The summed E-state index contributed by atoms with van der Waals surface area (Å²) in [4.78, 5) is 0.231. The van der Waals surface area contributed by atoms with Crippen molar-refractivity contribution in [2.24, 2.45) is 0 Å². The molecule has 3 rings (SSSR count). The van der Waals surface area contributed by atoms with Crippen LogP contribution in [0.25, 0.3) is 0 Å². The first kappa shape index (κ1) is 22.0. The van der Waals surface area contributed by atoms with Crippen molar-refractivity contribution in [3.8, 4) is 5.75 Å². The molecule has 1 aliphatic rings. The van der Waals surface area contributed by atoms with Crippen molar-refractivity contribution < 1.29 is 21.6 Å². The van der Waals surface area contributed by atoms with E-state index >= 15 is 0 Å². The third-order valence-corrected chi connectivity index (χ3v) is 7.97. The minimum Gasteiger partial charge on any atom is -0.492 e. The zero-order chi connectivity index (χ0) is 20.9. The lowest BCUT2D eigenvalue weighted by atomic mass is 10.2. The van der Waals surface area contributed by atoms with Crippen molar-refractivity contribution in [2.75, 3.05) is 26.2 Å². The average molecular weight is 459 g/mol. The van der Waals surface area contributed by atoms with Gasteiger partial charge in [-0.2, -0.15) is 4.31 Å². The second-order valence-electron chi connectivity index (χ2n) is 6.71. The minimum atomic E-state index is -3.51. The van der Waals surface area contributed by atoms with Crippen LogP contribution in [0.2, 0.25) is 5.02 Å². The molecular weight excluding hydrogens is 436 g/mol. The van der Waals surface area contributed by atoms with Gasteiger partial charge in [-0.05, 0) is 54.8 Å². The topological polar surface area (TPSA) is 92.8 Å². The van der Waals surface area contributed by atoms with Gasteiger partial charge in [0.05, 0.1) is 10.6 Å². The highest BCUT2D eigenvalue weighted by Crippen LogP contribution is 2.22. The van der Waals surface area contributed by atoms with Crippen molar-refractivity contribution in [2.45, 2.75) is 23.5 Å². The number of nitrogens with one attached hydrogen (secondary N) is 1. The fraction of sp³-hybridized carbons (Fsp3) is 0.368. The number of sulfonamides is 2. The molecule has 29 heavy (non-hydrogen) atoms. The lowest BCUT2D eigenvalue weighted by molar-refractivity contribution is 0.322. The Bertz CT molecular complexity index is 1030. The van der Waals surface area contributed by atoms with Crippen LogP contribution < -0.4 is 9.46 Å². The summed E-state index contributed by atoms with van der Waals surface area (Å²) < 4.78 is 58.7. The second kappa shape index (κ2) is 9.44. The molecule has 1 saturated heterocycles. The molecular formula is C19H23ClN2O5S2. The fourth-order valence-corrected chi connectivity index (χ4v) is 5.89. The number of ether oxygens (including phenoxy) is 1. The minimum absolute atomic E-state index is 0.0940. The van der Waals surface area contributed by atoms with Gasteiger partial charge in [-0.15, -0.1) is 0 Å². The molecule has 1 heterocycles. The lowest BCUT2D eigenvalue weighted by Gasteiger charge is -2.15. The van der Waals surface area contributed by atoms with E-state index in [-0.39, 0.29) is 23.8 Å². The molecule has 0 saturated carbocycles. The average Bonchev–Trinajstić information content (AvgIpc) is 3.21. The first-order valence-corrected chi connectivity index (χ1v) is 12.7. The van der Waals surface area contributed by atoms with Gasteiger partial charge in [0.25, 0.3) is 0 Å². The first-order valence-electron chi connectivity index (χ1n) is 9.21. The third-order valence-electron chi connectivity index (χ3n) is 4.47. The van der Waals surface area contributed by atoms with Crippen molar-refractivity contribution in [3.05, 3.63) is 59.1 Å². The number of nitrogens with zero attached hydrogens (tertiary/aromatic N) is 1.